The quantitative estimate of drug-likeness (QED) is 0.618. The third kappa shape index (κ3) is 2.60. The van der Waals surface area contributed by atoms with Crippen molar-refractivity contribution in [1.82, 2.24) is 4.90 Å². The molecule has 2 heterocycles. The SMILES string of the molecule is C[C@@H](O)[C@H]1C(=O)N2C(C(=O)O)=C(SCCN)C[C@H]12.Cl. The van der Waals surface area contributed by atoms with Crippen LogP contribution in [0.5, 0.6) is 0 Å². The molecule has 0 spiro atoms. The Kier molecular flexibility index (Phi) is 5.26. The highest BCUT2D eigenvalue weighted by molar-refractivity contribution is 8.03. The van der Waals surface area contributed by atoms with Gasteiger partial charge in [-0.05, 0) is 6.92 Å². The van der Waals surface area contributed by atoms with Gasteiger partial charge in [0.25, 0.3) is 0 Å². The monoisotopic (exact) mass is 308 g/mol. The number of halogens is 1. The van der Waals surface area contributed by atoms with Crippen LogP contribution < -0.4 is 5.73 Å². The van der Waals surface area contributed by atoms with E-state index >= 15 is 0 Å². The van der Waals surface area contributed by atoms with Gasteiger partial charge in [0, 0.05) is 23.6 Å². The van der Waals surface area contributed by atoms with Gasteiger partial charge in [-0.2, -0.15) is 0 Å². The fourth-order valence-corrected chi connectivity index (χ4v) is 3.52. The van der Waals surface area contributed by atoms with Crippen molar-refractivity contribution in [3.05, 3.63) is 10.6 Å². The lowest BCUT2D eigenvalue weighted by Crippen LogP contribution is -2.61. The molecule has 0 aromatic rings. The summed E-state index contributed by atoms with van der Waals surface area (Å²) >= 11 is 1.38. The molecule has 108 valence electrons. The summed E-state index contributed by atoms with van der Waals surface area (Å²) in [5.74, 6) is -1.24. The number of aliphatic hydroxyl groups excluding tert-OH is 1. The van der Waals surface area contributed by atoms with Crippen molar-refractivity contribution in [3.63, 3.8) is 0 Å². The second-order valence-corrected chi connectivity index (χ2v) is 5.65. The van der Waals surface area contributed by atoms with Gasteiger partial charge >= 0.3 is 5.97 Å². The number of thioether (sulfide) groups is 1. The number of carbonyl (C=O) groups excluding carboxylic acids is 1. The van der Waals surface area contributed by atoms with Gasteiger partial charge in [-0.25, -0.2) is 4.79 Å². The summed E-state index contributed by atoms with van der Waals surface area (Å²) in [7, 11) is 0. The standard InChI is InChI=1S/C11H16N2O4S.ClH/c1-5(14)8-6-4-7(18-3-2-12)9(11(16)17)13(6)10(8)15;/h5-6,8,14H,2-4,12H2,1H3,(H,16,17);1H/t5-,6-,8-;/m1./s1. The first-order chi connectivity index (χ1) is 8.49. The van der Waals surface area contributed by atoms with E-state index in [9.17, 15) is 19.8 Å². The van der Waals surface area contributed by atoms with Gasteiger partial charge in [0.1, 0.15) is 5.70 Å². The minimum Gasteiger partial charge on any atom is -0.477 e. The lowest BCUT2D eigenvalue weighted by Gasteiger charge is -2.44. The highest BCUT2D eigenvalue weighted by atomic mass is 35.5. The number of aliphatic carboxylic acids is 1. The highest BCUT2D eigenvalue weighted by Gasteiger charge is 2.56. The van der Waals surface area contributed by atoms with E-state index in [0.29, 0.717) is 23.6 Å². The number of carboxylic acid groups (broad SMARTS) is 1. The van der Waals surface area contributed by atoms with E-state index in [4.69, 9.17) is 5.73 Å². The molecule has 2 aliphatic rings. The lowest BCUT2D eigenvalue weighted by atomic mass is 9.83. The molecule has 2 aliphatic heterocycles. The average molecular weight is 309 g/mol. The summed E-state index contributed by atoms with van der Waals surface area (Å²) in [5.41, 5.74) is 5.47. The Bertz CT molecular complexity index is 427. The van der Waals surface area contributed by atoms with Crippen LogP contribution in [0, 0.1) is 5.92 Å². The third-order valence-electron chi connectivity index (χ3n) is 3.28. The number of carboxylic acids is 1. The fraction of sp³-hybridized carbons (Fsp3) is 0.636. The number of β-lactam (4-membered cyclic amide) rings is 1. The van der Waals surface area contributed by atoms with Crippen LogP contribution in [0.3, 0.4) is 0 Å². The molecule has 0 aromatic heterocycles. The van der Waals surface area contributed by atoms with E-state index in [1.807, 2.05) is 0 Å². The Labute approximate surface area is 121 Å². The Balaban J connectivity index is 0.00000180. The predicted octanol–water partition coefficient (Wildman–Crippen LogP) is 0.00780. The summed E-state index contributed by atoms with van der Waals surface area (Å²) < 4.78 is 0. The number of hydrogen-bond acceptors (Lipinski definition) is 5. The van der Waals surface area contributed by atoms with Crippen LogP contribution in [0.25, 0.3) is 0 Å². The van der Waals surface area contributed by atoms with Crippen molar-refractivity contribution in [2.24, 2.45) is 11.7 Å². The minimum absolute atomic E-state index is 0. The molecule has 1 saturated heterocycles. The summed E-state index contributed by atoms with van der Waals surface area (Å²) in [6, 6.07) is -0.205. The van der Waals surface area contributed by atoms with Crippen molar-refractivity contribution in [2.45, 2.75) is 25.5 Å². The van der Waals surface area contributed by atoms with Gasteiger partial charge < -0.3 is 20.8 Å². The first kappa shape index (κ1) is 16.3. The second-order valence-electron chi connectivity index (χ2n) is 4.46. The number of amides is 1. The largest absolute Gasteiger partial charge is 0.477 e. The zero-order valence-corrected chi connectivity index (χ0v) is 12.0. The van der Waals surface area contributed by atoms with Crippen LogP contribution in [0.15, 0.2) is 10.6 Å². The Morgan fingerprint density at radius 3 is 2.74 bits per heavy atom. The van der Waals surface area contributed by atoms with E-state index in [1.54, 1.807) is 6.92 Å². The number of fused-ring (bicyclic) bond motifs is 1. The van der Waals surface area contributed by atoms with E-state index in [1.165, 1.54) is 16.7 Å². The average Bonchev–Trinajstić information content (AvgIpc) is 2.60. The Hall–Kier alpha value is -0.760. The molecular formula is C11H17ClN2O4S. The Morgan fingerprint density at radius 2 is 2.26 bits per heavy atom. The van der Waals surface area contributed by atoms with Crippen molar-refractivity contribution in [3.8, 4) is 0 Å². The number of carbonyl (C=O) groups is 2. The van der Waals surface area contributed by atoms with Gasteiger partial charge in [-0.3, -0.25) is 4.79 Å². The zero-order chi connectivity index (χ0) is 13.4. The molecular weight excluding hydrogens is 292 g/mol. The maximum atomic E-state index is 11.9. The van der Waals surface area contributed by atoms with Crippen LogP contribution >= 0.6 is 24.2 Å². The molecule has 0 bridgehead atoms. The molecule has 8 heteroatoms. The lowest BCUT2D eigenvalue weighted by molar-refractivity contribution is -0.161. The van der Waals surface area contributed by atoms with Crippen molar-refractivity contribution >= 4 is 36.0 Å². The van der Waals surface area contributed by atoms with Crippen LogP contribution in [0.2, 0.25) is 0 Å². The van der Waals surface area contributed by atoms with Gasteiger partial charge in [-0.1, -0.05) is 0 Å². The van der Waals surface area contributed by atoms with E-state index < -0.39 is 18.0 Å². The second kappa shape index (κ2) is 6.13. The number of rotatable bonds is 5. The zero-order valence-electron chi connectivity index (χ0n) is 10.4. The van der Waals surface area contributed by atoms with Crippen LogP contribution in [-0.2, 0) is 9.59 Å². The number of hydrogen-bond donors (Lipinski definition) is 3. The molecule has 0 saturated carbocycles. The molecule has 0 radical (unpaired) electrons. The summed E-state index contributed by atoms with van der Waals surface area (Å²) in [5, 5.41) is 18.7. The summed E-state index contributed by atoms with van der Waals surface area (Å²) in [6.07, 6.45) is -0.235. The molecule has 0 unspecified atom stereocenters. The predicted molar refractivity (Wildman–Crippen MR) is 73.8 cm³/mol. The number of aliphatic hydroxyl groups is 1. The topological polar surface area (TPSA) is 104 Å². The van der Waals surface area contributed by atoms with E-state index in [2.05, 4.69) is 0 Å². The summed E-state index contributed by atoms with van der Waals surface area (Å²) in [4.78, 5) is 25.1. The van der Waals surface area contributed by atoms with Crippen molar-refractivity contribution in [2.75, 3.05) is 12.3 Å². The van der Waals surface area contributed by atoms with Gasteiger partial charge in [0.05, 0.1) is 18.1 Å². The van der Waals surface area contributed by atoms with E-state index in [0.717, 1.165) is 0 Å². The molecule has 2 rings (SSSR count). The van der Waals surface area contributed by atoms with Crippen molar-refractivity contribution in [1.29, 1.82) is 0 Å². The number of nitrogens with two attached hydrogens (primary N) is 1. The maximum Gasteiger partial charge on any atom is 0.353 e. The highest BCUT2D eigenvalue weighted by Crippen LogP contribution is 2.46. The third-order valence-corrected chi connectivity index (χ3v) is 4.43. The molecule has 19 heavy (non-hydrogen) atoms. The smallest absolute Gasteiger partial charge is 0.353 e. The van der Waals surface area contributed by atoms with Crippen LogP contribution in [0.1, 0.15) is 13.3 Å². The summed E-state index contributed by atoms with van der Waals surface area (Å²) in [6.45, 7) is 2.02. The molecule has 6 nitrogen and oxygen atoms in total. The molecule has 1 fully saturated rings. The van der Waals surface area contributed by atoms with Crippen LogP contribution in [-0.4, -0.2) is 51.4 Å². The minimum atomic E-state index is -1.09. The van der Waals surface area contributed by atoms with Gasteiger partial charge in [-0.15, -0.1) is 24.2 Å². The molecule has 0 aliphatic carbocycles. The van der Waals surface area contributed by atoms with E-state index in [-0.39, 0.29) is 30.1 Å². The first-order valence-corrected chi connectivity index (χ1v) is 6.78. The van der Waals surface area contributed by atoms with Crippen LogP contribution in [0.4, 0.5) is 0 Å². The normalized spacial score (nSPS) is 26.7. The van der Waals surface area contributed by atoms with Crippen molar-refractivity contribution < 1.29 is 19.8 Å². The molecule has 3 atom stereocenters. The Morgan fingerprint density at radius 1 is 1.63 bits per heavy atom. The fourth-order valence-electron chi connectivity index (χ4n) is 2.54. The number of nitrogens with zero attached hydrogens (tertiary/aromatic N) is 1. The molecule has 4 N–H and O–H groups in total. The maximum absolute atomic E-state index is 11.9. The van der Waals surface area contributed by atoms with Gasteiger partial charge in [0.2, 0.25) is 5.91 Å². The van der Waals surface area contributed by atoms with Gasteiger partial charge in [0.15, 0.2) is 0 Å². The molecule has 0 aromatic carbocycles. The molecule has 1 amide bonds. The first-order valence-electron chi connectivity index (χ1n) is 5.79.